The van der Waals surface area contributed by atoms with Gasteiger partial charge in [-0.2, -0.15) is 0 Å². The fourth-order valence-electron chi connectivity index (χ4n) is 5.07. The monoisotopic (exact) mass is 598 g/mol. The highest BCUT2D eigenvalue weighted by molar-refractivity contribution is 7.89. The van der Waals surface area contributed by atoms with E-state index < -0.39 is 10.0 Å². The number of aromatic nitrogens is 2. The first-order chi connectivity index (χ1) is 19.5. The summed E-state index contributed by atoms with van der Waals surface area (Å²) in [5.74, 6) is 0.958. The molecule has 1 aliphatic heterocycles. The van der Waals surface area contributed by atoms with E-state index in [9.17, 15) is 18.0 Å². The van der Waals surface area contributed by atoms with Crippen molar-refractivity contribution in [3.05, 3.63) is 47.2 Å². The van der Waals surface area contributed by atoms with Crippen LogP contribution in [0.4, 0.5) is 16.8 Å². The number of hydrogen-bond acceptors (Lipinski definition) is 9. The van der Waals surface area contributed by atoms with Crippen molar-refractivity contribution < 1.29 is 22.7 Å². The normalized spacial score (nSPS) is 15.6. The molecule has 5 rings (SSSR count). The van der Waals surface area contributed by atoms with Crippen molar-refractivity contribution in [2.24, 2.45) is 5.92 Å². The highest BCUT2D eigenvalue weighted by Gasteiger charge is 2.41. The first-order valence-corrected chi connectivity index (χ1v) is 15.8. The van der Waals surface area contributed by atoms with Crippen LogP contribution >= 0.6 is 11.3 Å². The van der Waals surface area contributed by atoms with Gasteiger partial charge in [0.15, 0.2) is 5.13 Å². The molecule has 1 saturated carbocycles. The number of sulfonamides is 1. The summed E-state index contributed by atoms with van der Waals surface area (Å²) in [5.41, 5.74) is 2.36. The highest BCUT2D eigenvalue weighted by Crippen LogP contribution is 2.42. The van der Waals surface area contributed by atoms with Crippen LogP contribution in [0.25, 0.3) is 10.4 Å². The maximum absolute atomic E-state index is 13.5. The van der Waals surface area contributed by atoms with Gasteiger partial charge in [-0.15, -0.1) is 0 Å². The number of carbonyl (C=O) groups excluding carboxylic acids is 2. The lowest BCUT2D eigenvalue weighted by Gasteiger charge is -2.24. The number of methoxy groups -OCH3 is 1. The Balaban J connectivity index is 1.48. The van der Waals surface area contributed by atoms with Gasteiger partial charge in [-0.3, -0.25) is 14.5 Å². The molecule has 0 bridgehead atoms. The van der Waals surface area contributed by atoms with Crippen LogP contribution in [0.5, 0.6) is 0 Å². The third-order valence-electron chi connectivity index (χ3n) is 7.43. The molecule has 0 radical (unpaired) electrons. The van der Waals surface area contributed by atoms with E-state index in [2.05, 4.69) is 20.0 Å². The summed E-state index contributed by atoms with van der Waals surface area (Å²) in [6, 6.07) is 8.83. The Hall–Kier alpha value is -3.39. The molecule has 41 heavy (non-hydrogen) atoms. The van der Waals surface area contributed by atoms with E-state index in [1.807, 2.05) is 19.9 Å². The molecular formula is C28H34N6O5S2. The number of nitrogens with zero attached hydrogens (tertiary/aromatic N) is 4. The molecule has 13 heteroatoms. The lowest BCUT2D eigenvalue weighted by atomic mass is 10.0. The standard InChI is InChI=1S/C28H34N6O5S2/c1-6-29-41(37,38)21-13-19(12-20-14-34(27(36)25(20)21)17(3)18-10-11-18)26-16(2)30-28(40-26)32-22-8-7-9-23(31-22)33(4)24(35)15-39-5/h7-9,12-13,17-18,29H,6,10-11,14-15H2,1-5H3,(H,30,31,32). The number of likely N-dealkylation sites (N-methyl/N-ethyl adjacent to an activating group) is 1. The summed E-state index contributed by atoms with van der Waals surface area (Å²) in [6.45, 7) is 6.15. The molecule has 2 amide bonds. The van der Waals surface area contributed by atoms with Crippen LogP contribution in [0.3, 0.4) is 0 Å². The molecule has 1 aromatic carbocycles. The average Bonchev–Trinajstić information content (AvgIpc) is 3.65. The molecule has 3 aromatic rings. The maximum atomic E-state index is 13.5. The lowest BCUT2D eigenvalue weighted by molar-refractivity contribution is -0.121. The SMILES string of the molecule is CCNS(=O)(=O)c1cc(-c2sc(Nc3cccc(N(C)C(=O)COC)n3)nc2C)cc2c1C(=O)N(C(C)C1CC1)C2. The molecule has 0 saturated heterocycles. The van der Waals surface area contributed by atoms with Gasteiger partial charge in [0, 0.05) is 33.3 Å². The Kier molecular flexibility index (Phi) is 8.15. The van der Waals surface area contributed by atoms with Crippen LogP contribution in [0.1, 0.15) is 48.3 Å². The van der Waals surface area contributed by atoms with Crippen molar-refractivity contribution in [1.29, 1.82) is 0 Å². The topological polar surface area (TPSA) is 134 Å². The minimum absolute atomic E-state index is 0.00258. The quantitative estimate of drug-likeness (QED) is 0.339. The van der Waals surface area contributed by atoms with Crippen LogP contribution in [-0.2, 0) is 26.1 Å². The molecule has 3 heterocycles. The van der Waals surface area contributed by atoms with Gasteiger partial charge in [0.2, 0.25) is 10.0 Å². The fraction of sp³-hybridized carbons (Fsp3) is 0.429. The number of aryl methyl sites for hydroxylation is 1. The van der Waals surface area contributed by atoms with Gasteiger partial charge in [0.05, 0.1) is 21.0 Å². The Labute approximate surface area is 244 Å². The molecule has 218 valence electrons. The van der Waals surface area contributed by atoms with Crippen molar-refractivity contribution in [3.8, 4) is 10.4 Å². The zero-order chi connectivity index (χ0) is 29.5. The smallest absolute Gasteiger partial charge is 0.256 e. The number of pyridine rings is 1. The van der Waals surface area contributed by atoms with Crippen molar-refractivity contribution in [3.63, 3.8) is 0 Å². The van der Waals surface area contributed by atoms with Crippen LogP contribution in [0.15, 0.2) is 35.2 Å². The van der Waals surface area contributed by atoms with Gasteiger partial charge >= 0.3 is 0 Å². The first-order valence-electron chi connectivity index (χ1n) is 13.5. The second kappa shape index (κ2) is 11.5. The number of amides is 2. The average molecular weight is 599 g/mol. The largest absolute Gasteiger partial charge is 0.375 e. The molecular weight excluding hydrogens is 564 g/mol. The Morgan fingerprint density at radius 1 is 1.27 bits per heavy atom. The fourth-order valence-corrected chi connectivity index (χ4v) is 7.33. The van der Waals surface area contributed by atoms with E-state index in [4.69, 9.17) is 4.74 Å². The van der Waals surface area contributed by atoms with Crippen LogP contribution in [0, 0.1) is 12.8 Å². The minimum Gasteiger partial charge on any atom is -0.375 e. The van der Waals surface area contributed by atoms with E-state index in [0.29, 0.717) is 46.1 Å². The predicted molar refractivity (Wildman–Crippen MR) is 158 cm³/mol. The molecule has 11 nitrogen and oxygen atoms in total. The summed E-state index contributed by atoms with van der Waals surface area (Å²) in [7, 11) is -0.823. The lowest BCUT2D eigenvalue weighted by Crippen LogP contribution is -2.35. The summed E-state index contributed by atoms with van der Waals surface area (Å²) >= 11 is 1.36. The Morgan fingerprint density at radius 3 is 2.71 bits per heavy atom. The van der Waals surface area contributed by atoms with E-state index >= 15 is 0 Å². The summed E-state index contributed by atoms with van der Waals surface area (Å²) in [4.78, 5) is 38.9. The second-order valence-electron chi connectivity index (χ2n) is 10.3. The van der Waals surface area contributed by atoms with Gasteiger partial charge < -0.3 is 15.0 Å². The number of rotatable bonds is 11. The van der Waals surface area contributed by atoms with Crippen molar-refractivity contribution in [2.45, 2.75) is 51.1 Å². The number of anilines is 3. The molecule has 2 N–H and O–H groups in total. The molecule has 2 aromatic heterocycles. The molecule has 0 spiro atoms. The number of benzene rings is 1. The number of fused-ring (bicyclic) bond motifs is 1. The zero-order valence-electron chi connectivity index (χ0n) is 23.7. The van der Waals surface area contributed by atoms with Crippen molar-refractivity contribution >= 4 is 49.9 Å². The van der Waals surface area contributed by atoms with Gasteiger partial charge in [-0.25, -0.2) is 23.1 Å². The summed E-state index contributed by atoms with van der Waals surface area (Å²) in [6.07, 6.45) is 2.17. The van der Waals surface area contributed by atoms with Crippen LogP contribution in [0.2, 0.25) is 0 Å². The van der Waals surface area contributed by atoms with Crippen molar-refractivity contribution in [1.82, 2.24) is 19.6 Å². The number of ether oxygens (including phenoxy) is 1. The molecule has 2 aliphatic rings. The third kappa shape index (κ3) is 5.85. The third-order valence-corrected chi connectivity index (χ3v) is 10.1. The molecule has 1 unspecified atom stereocenters. The van der Waals surface area contributed by atoms with Crippen LogP contribution < -0.4 is 14.9 Å². The van der Waals surface area contributed by atoms with Gasteiger partial charge in [-0.1, -0.05) is 24.3 Å². The van der Waals surface area contributed by atoms with E-state index in [-0.39, 0.29) is 41.5 Å². The number of carbonyl (C=O) groups is 2. The van der Waals surface area contributed by atoms with E-state index in [0.717, 1.165) is 17.7 Å². The number of nitrogens with one attached hydrogen (secondary N) is 2. The van der Waals surface area contributed by atoms with Gasteiger partial charge in [0.1, 0.15) is 18.2 Å². The predicted octanol–water partition coefficient (Wildman–Crippen LogP) is 3.92. The first kappa shape index (κ1) is 29.1. The van der Waals surface area contributed by atoms with Crippen molar-refractivity contribution in [2.75, 3.05) is 37.5 Å². The molecule has 1 aliphatic carbocycles. The number of thiazole rings is 1. The van der Waals surface area contributed by atoms with Crippen LogP contribution in [-0.4, -0.2) is 68.5 Å². The summed E-state index contributed by atoms with van der Waals surface area (Å²) < 4.78 is 34.1. The highest BCUT2D eigenvalue weighted by atomic mass is 32.2. The second-order valence-corrected chi connectivity index (χ2v) is 13.1. The van der Waals surface area contributed by atoms with Gasteiger partial charge in [0.25, 0.3) is 11.8 Å². The molecule has 1 atom stereocenters. The molecule has 1 fully saturated rings. The Bertz CT molecular complexity index is 1600. The maximum Gasteiger partial charge on any atom is 0.256 e. The van der Waals surface area contributed by atoms with E-state index in [1.165, 1.54) is 23.3 Å². The number of hydrogen-bond donors (Lipinski definition) is 2. The zero-order valence-corrected chi connectivity index (χ0v) is 25.4. The van der Waals surface area contributed by atoms with E-state index in [1.54, 1.807) is 43.1 Å². The minimum atomic E-state index is -3.91. The van der Waals surface area contributed by atoms with Gasteiger partial charge in [-0.05, 0) is 68.0 Å². The Morgan fingerprint density at radius 2 is 2.02 bits per heavy atom. The summed E-state index contributed by atoms with van der Waals surface area (Å²) in [5, 5.41) is 3.76.